The number of anilines is 2. The Morgan fingerprint density at radius 3 is 3.00 bits per heavy atom. The van der Waals surface area contributed by atoms with Crippen molar-refractivity contribution in [1.29, 1.82) is 0 Å². The van der Waals surface area contributed by atoms with Crippen LogP contribution >= 0.6 is 0 Å². The summed E-state index contributed by atoms with van der Waals surface area (Å²) in [5, 5.41) is 17.1. The number of hydrogen-bond donors (Lipinski definition) is 4. The minimum atomic E-state index is -0.0775. The maximum atomic E-state index is 11.9. The summed E-state index contributed by atoms with van der Waals surface area (Å²) in [4.78, 5) is 11.9. The Morgan fingerprint density at radius 2 is 2.19 bits per heavy atom. The highest BCUT2D eigenvalue weighted by atomic mass is 16.5. The van der Waals surface area contributed by atoms with E-state index in [1.54, 1.807) is 7.11 Å². The summed E-state index contributed by atoms with van der Waals surface area (Å²) < 4.78 is 4.94. The standard InChI is InChI=1S/C18H19N7O2/c1-27-8-7-16(26)19-13-4-2-3-11(9-13)17-14-10-12(18-22-24-25-23-18)5-6-15(14)20-21-17/h2-6,9-10,17,20-21H,7-8H2,1H3,(H,19,26)(H,22,23,24,25). The lowest BCUT2D eigenvalue weighted by Gasteiger charge is -2.14. The first-order valence-electron chi connectivity index (χ1n) is 8.52. The summed E-state index contributed by atoms with van der Waals surface area (Å²) in [5.74, 6) is 0.467. The summed E-state index contributed by atoms with van der Waals surface area (Å²) in [6, 6.07) is 13.6. The zero-order valence-corrected chi connectivity index (χ0v) is 14.7. The van der Waals surface area contributed by atoms with Crippen LogP contribution in [-0.4, -0.2) is 40.2 Å². The number of nitrogens with zero attached hydrogens (tertiary/aromatic N) is 3. The molecule has 1 aliphatic heterocycles. The van der Waals surface area contributed by atoms with E-state index in [9.17, 15) is 4.79 Å². The van der Waals surface area contributed by atoms with Crippen LogP contribution in [0.3, 0.4) is 0 Å². The van der Waals surface area contributed by atoms with E-state index in [1.807, 2.05) is 42.5 Å². The zero-order chi connectivity index (χ0) is 18.6. The molecule has 0 radical (unpaired) electrons. The Balaban J connectivity index is 1.58. The number of nitrogens with one attached hydrogen (secondary N) is 4. The highest BCUT2D eigenvalue weighted by Crippen LogP contribution is 2.36. The Morgan fingerprint density at radius 1 is 1.26 bits per heavy atom. The highest BCUT2D eigenvalue weighted by molar-refractivity contribution is 5.90. The Bertz CT molecular complexity index is 943. The quantitative estimate of drug-likeness (QED) is 0.527. The van der Waals surface area contributed by atoms with Crippen molar-refractivity contribution in [2.45, 2.75) is 12.5 Å². The van der Waals surface area contributed by atoms with Crippen molar-refractivity contribution in [2.75, 3.05) is 24.5 Å². The maximum absolute atomic E-state index is 11.9. The molecule has 9 nitrogen and oxygen atoms in total. The number of tetrazole rings is 1. The number of rotatable bonds is 6. The Labute approximate surface area is 155 Å². The number of aromatic amines is 1. The minimum absolute atomic E-state index is 0.0670. The normalized spacial score (nSPS) is 15.2. The molecule has 2 heterocycles. The number of carbonyl (C=O) groups excluding carboxylic acids is 1. The number of carbonyl (C=O) groups is 1. The second-order valence-electron chi connectivity index (χ2n) is 6.16. The predicted octanol–water partition coefficient (Wildman–Crippen LogP) is 1.86. The smallest absolute Gasteiger partial charge is 0.226 e. The van der Waals surface area contributed by atoms with Crippen LogP contribution in [0.25, 0.3) is 11.4 Å². The summed E-state index contributed by atoms with van der Waals surface area (Å²) in [6.07, 6.45) is 0.320. The Hall–Kier alpha value is -3.30. The van der Waals surface area contributed by atoms with E-state index >= 15 is 0 Å². The number of amides is 1. The van der Waals surface area contributed by atoms with Crippen molar-refractivity contribution >= 4 is 17.3 Å². The van der Waals surface area contributed by atoms with Gasteiger partial charge in [0, 0.05) is 23.9 Å². The van der Waals surface area contributed by atoms with Gasteiger partial charge >= 0.3 is 0 Å². The molecule has 0 aliphatic carbocycles. The molecule has 1 aliphatic rings. The predicted molar refractivity (Wildman–Crippen MR) is 99.8 cm³/mol. The molecule has 2 aromatic carbocycles. The van der Waals surface area contributed by atoms with Crippen LogP contribution in [0.1, 0.15) is 23.6 Å². The summed E-state index contributed by atoms with van der Waals surface area (Å²) in [6.45, 7) is 0.395. The topological polar surface area (TPSA) is 117 Å². The molecule has 0 saturated carbocycles. The number of H-pyrrole nitrogens is 1. The van der Waals surface area contributed by atoms with Gasteiger partial charge < -0.3 is 15.5 Å². The lowest BCUT2D eigenvalue weighted by molar-refractivity contribution is -0.117. The van der Waals surface area contributed by atoms with Gasteiger partial charge in [0.25, 0.3) is 0 Å². The van der Waals surface area contributed by atoms with Crippen molar-refractivity contribution in [2.24, 2.45) is 0 Å². The van der Waals surface area contributed by atoms with Gasteiger partial charge in [-0.25, -0.2) is 5.43 Å². The van der Waals surface area contributed by atoms with Gasteiger partial charge in [-0.15, -0.1) is 10.2 Å². The molecular formula is C18H19N7O2. The molecule has 27 heavy (non-hydrogen) atoms. The molecule has 1 amide bonds. The molecule has 3 aromatic rings. The average Bonchev–Trinajstić information content (AvgIpc) is 3.36. The number of fused-ring (bicyclic) bond motifs is 1. The van der Waals surface area contributed by atoms with E-state index in [1.165, 1.54) is 0 Å². The van der Waals surface area contributed by atoms with Crippen LogP contribution in [0.15, 0.2) is 42.5 Å². The van der Waals surface area contributed by atoms with Crippen LogP contribution in [0.2, 0.25) is 0 Å². The SMILES string of the molecule is COCCC(=O)Nc1cccc(C2NNc3ccc(-c4nn[nH]n4)cc32)c1. The molecule has 0 saturated heterocycles. The van der Waals surface area contributed by atoms with E-state index in [0.29, 0.717) is 18.9 Å². The molecule has 1 atom stereocenters. The highest BCUT2D eigenvalue weighted by Gasteiger charge is 2.24. The van der Waals surface area contributed by atoms with Gasteiger partial charge in [-0.1, -0.05) is 12.1 Å². The monoisotopic (exact) mass is 365 g/mol. The molecule has 4 rings (SSSR count). The van der Waals surface area contributed by atoms with Crippen molar-refractivity contribution in [1.82, 2.24) is 26.0 Å². The van der Waals surface area contributed by atoms with Gasteiger partial charge in [-0.2, -0.15) is 5.21 Å². The van der Waals surface area contributed by atoms with E-state index in [-0.39, 0.29) is 11.9 Å². The third-order valence-corrected chi connectivity index (χ3v) is 4.35. The van der Waals surface area contributed by atoms with Crippen molar-refractivity contribution in [3.63, 3.8) is 0 Å². The van der Waals surface area contributed by atoms with Crippen LogP contribution in [0, 0.1) is 0 Å². The molecule has 138 valence electrons. The molecule has 0 spiro atoms. The van der Waals surface area contributed by atoms with Crippen molar-refractivity contribution in [3.8, 4) is 11.4 Å². The third-order valence-electron chi connectivity index (χ3n) is 4.35. The van der Waals surface area contributed by atoms with Crippen LogP contribution in [-0.2, 0) is 9.53 Å². The summed E-state index contributed by atoms with van der Waals surface area (Å²) >= 11 is 0. The first kappa shape index (κ1) is 17.1. The molecule has 1 aromatic heterocycles. The zero-order valence-electron chi connectivity index (χ0n) is 14.7. The fraction of sp³-hybridized carbons (Fsp3) is 0.222. The minimum Gasteiger partial charge on any atom is -0.384 e. The van der Waals surface area contributed by atoms with Gasteiger partial charge in [0.15, 0.2) is 0 Å². The number of ether oxygens (including phenoxy) is 1. The third kappa shape index (κ3) is 3.64. The van der Waals surface area contributed by atoms with Crippen LogP contribution in [0.5, 0.6) is 0 Å². The largest absolute Gasteiger partial charge is 0.384 e. The first-order valence-corrected chi connectivity index (χ1v) is 8.52. The summed E-state index contributed by atoms with van der Waals surface area (Å²) in [7, 11) is 1.58. The van der Waals surface area contributed by atoms with Gasteiger partial charge in [0.05, 0.1) is 24.8 Å². The summed E-state index contributed by atoms with van der Waals surface area (Å²) in [5.41, 5.74) is 11.2. The van der Waals surface area contributed by atoms with Gasteiger partial charge in [0.1, 0.15) is 0 Å². The lowest BCUT2D eigenvalue weighted by Crippen LogP contribution is -2.20. The fourth-order valence-electron chi connectivity index (χ4n) is 3.04. The van der Waals surface area contributed by atoms with Gasteiger partial charge in [0.2, 0.25) is 11.7 Å². The molecule has 0 fully saturated rings. The van der Waals surface area contributed by atoms with Crippen molar-refractivity contribution in [3.05, 3.63) is 53.6 Å². The number of hydrazine groups is 1. The van der Waals surface area contributed by atoms with Gasteiger partial charge in [-0.3, -0.25) is 4.79 Å². The molecular weight excluding hydrogens is 346 g/mol. The molecule has 1 unspecified atom stereocenters. The van der Waals surface area contributed by atoms with Gasteiger partial charge in [-0.05, 0) is 41.1 Å². The second-order valence-corrected chi connectivity index (χ2v) is 6.16. The first-order chi connectivity index (χ1) is 13.2. The average molecular weight is 365 g/mol. The molecule has 0 bridgehead atoms. The van der Waals surface area contributed by atoms with Crippen LogP contribution < -0.4 is 16.2 Å². The fourth-order valence-corrected chi connectivity index (χ4v) is 3.04. The number of benzene rings is 2. The van der Waals surface area contributed by atoms with Crippen molar-refractivity contribution < 1.29 is 9.53 Å². The van der Waals surface area contributed by atoms with E-state index in [2.05, 4.69) is 36.8 Å². The number of aromatic nitrogens is 4. The van der Waals surface area contributed by atoms with E-state index < -0.39 is 0 Å². The maximum Gasteiger partial charge on any atom is 0.226 e. The lowest BCUT2D eigenvalue weighted by atomic mass is 9.97. The Kier molecular flexibility index (Phi) is 4.77. The van der Waals surface area contributed by atoms with E-state index in [4.69, 9.17) is 4.74 Å². The number of methoxy groups -OCH3 is 1. The van der Waals surface area contributed by atoms with Crippen LogP contribution in [0.4, 0.5) is 11.4 Å². The molecule has 9 heteroatoms. The molecule has 4 N–H and O–H groups in total. The van der Waals surface area contributed by atoms with E-state index in [0.717, 1.165) is 28.1 Å². The number of hydrogen-bond acceptors (Lipinski definition) is 7. The second kappa shape index (κ2) is 7.52.